The first kappa shape index (κ1) is 16.8. The van der Waals surface area contributed by atoms with Crippen molar-refractivity contribution in [1.29, 1.82) is 0 Å². The van der Waals surface area contributed by atoms with Gasteiger partial charge in [-0.2, -0.15) is 21.6 Å². The van der Waals surface area contributed by atoms with Crippen LogP contribution in [-0.2, 0) is 14.3 Å². The fourth-order valence-electron chi connectivity index (χ4n) is 2.43. The average Bonchev–Trinajstić information content (AvgIpc) is 2.30. The van der Waals surface area contributed by atoms with E-state index in [1.807, 2.05) is 0 Å². The van der Waals surface area contributed by atoms with E-state index in [-0.39, 0.29) is 0 Å². The summed E-state index contributed by atoms with van der Waals surface area (Å²) < 4.78 is 62.5. The van der Waals surface area contributed by atoms with Crippen molar-refractivity contribution >= 4 is 10.1 Å². The fraction of sp³-hybridized carbons (Fsp3) is 1.00. The van der Waals surface area contributed by atoms with E-state index in [9.17, 15) is 21.6 Å². The number of hydrogen-bond donors (Lipinski definition) is 0. The van der Waals surface area contributed by atoms with Gasteiger partial charge in [0.05, 0.1) is 6.10 Å². The van der Waals surface area contributed by atoms with Crippen LogP contribution >= 0.6 is 0 Å². The standard InChI is InChI=1S/C12H21F3O3S/c1-2-3-4-5-10-6-8-11(9-7-10)18-19(16,17)12(13,14)15/h10-11H,2-9H2,1H3. The first-order chi connectivity index (χ1) is 8.76. The van der Waals surface area contributed by atoms with Crippen LogP contribution in [0.4, 0.5) is 13.2 Å². The van der Waals surface area contributed by atoms with E-state index in [2.05, 4.69) is 11.1 Å². The molecular formula is C12H21F3O3S. The molecule has 1 rings (SSSR count). The first-order valence-electron chi connectivity index (χ1n) is 6.76. The quantitative estimate of drug-likeness (QED) is 0.423. The number of hydrogen-bond acceptors (Lipinski definition) is 3. The van der Waals surface area contributed by atoms with Gasteiger partial charge in [0.2, 0.25) is 0 Å². The van der Waals surface area contributed by atoms with Crippen LogP contribution in [0.25, 0.3) is 0 Å². The van der Waals surface area contributed by atoms with Crippen molar-refractivity contribution in [2.75, 3.05) is 0 Å². The Morgan fingerprint density at radius 3 is 2.16 bits per heavy atom. The summed E-state index contributed by atoms with van der Waals surface area (Å²) in [5.41, 5.74) is -5.31. The van der Waals surface area contributed by atoms with E-state index >= 15 is 0 Å². The van der Waals surface area contributed by atoms with Crippen LogP contribution in [0.15, 0.2) is 0 Å². The van der Waals surface area contributed by atoms with Gasteiger partial charge in [0.1, 0.15) is 0 Å². The summed E-state index contributed by atoms with van der Waals surface area (Å²) in [7, 11) is -5.44. The maximum absolute atomic E-state index is 12.2. The van der Waals surface area contributed by atoms with Crippen molar-refractivity contribution < 1.29 is 25.8 Å². The molecule has 19 heavy (non-hydrogen) atoms. The molecule has 0 aliphatic heterocycles. The Morgan fingerprint density at radius 2 is 1.68 bits per heavy atom. The average molecular weight is 302 g/mol. The molecule has 1 aliphatic carbocycles. The molecule has 0 spiro atoms. The molecule has 0 aromatic carbocycles. The van der Waals surface area contributed by atoms with Gasteiger partial charge in [-0.05, 0) is 31.6 Å². The molecule has 0 aromatic heterocycles. The Bertz CT molecular complexity index is 357. The maximum atomic E-state index is 12.2. The molecule has 0 N–H and O–H groups in total. The highest BCUT2D eigenvalue weighted by Gasteiger charge is 2.48. The molecule has 3 nitrogen and oxygen atoms in total. The van der Waals surface area contributed by atoms with Crippen molar-refractivity contribution in [3.05, 3.63) is 0 Å². The molecule has 0 saturated heterocycles. The van der Waals surface area contributed by atoms with Crippen LogP contribution in [0, 0.1) is 5.92 Å². The summed E-state index contributed by atoms with van der Waals surface area (Å²) in [5, 5.41) is 0. The molecule has 0 radical (unpaired) electrons. The molecule has 1 aliphatic rings. The second-order valence-electron chi connectivity index (χ2n) is 5.13. The molecule has 1 saturated carbocycles. The molecule has 0 amide bonds. The minimum absolute atomic E-state index is 0.395. The Hall–Kier alpha value is -0.300. The molecular weight excluding hydrogens is 281 g/mol. The van der Waals surface area contributed by atoms with Crippen molar-refractivity contribution in [1.82, 2.24) is 0 Å². The lowest BCUT2D eigenvalue weighted by molar-refractivity contribution is -0.0590. The van der Waals surface area contributed by atoms with Crippen LogP contribution in [0.1, 0.15) is 58.3 Å². The van der Waals surface area contributed by atoms with Gasteiger partial charge in [0.15, 0.2) is 0 Å². The zero-order valence-electron chi connectivity index (χ0n) is 11.1. The predicted molar refractivity (Wildman–Crippen MR) is 65.9 cm³/mol. The van der Waals surface area contributed by atoms with Crippen LogP contribution in [0.2, 0.25) is 0 Å². The predicted octanol–water partition coefficient (Wildman–Crippen LogP) is 3.99. The van der Waals surface area contributed by atoms with Gasteiger partial charge < -0.3 is 0 Å². The SMILES string of the molecule is CCCCCC1CCC(OS(=O)(=O)C(F)(F)F)CC1. The van der Waals surface area contributed by atoms with Crippen molar-refractivity contribution in [2.24, 2.45) is 5.92 Å². The second kappa shape index (κ2) is 6.92. The highest BCUT2D eigenvalue weighted by molar-refractivity contribution is 7.87. The number of alkyl halides is 3. The van der Waals surface area contributed by atoms with Crippen LogP contribution in [0.5, 0.6) is 0 Å². The minimum atomic E-state index is -5.44. The van der Waals surface area contributed by atoms with Crippen molar-refractivity contribution in [3.63, 3.8) is 0 Å². The number of halogens is 3. The van der Waals surface area contributed by atoms with E-state index in [1.165, 1.54) is 6.42 Å². The molecule has 0 bridgehead atoms. The lowest BCUT2D eigenvalue weighted by Gasteiger charge is -2.28. The van der Waals surface area contributed by atoms with Crippen LogP contribution in [0.3, 0.4) is 0 Å². The largest absolute Gasteiger partial charge is 0.523 e. The topological polar surface area (TPSA) is 43.4 Å². The summed E-state index contributed by atoms with van der Waals surface area (Å²) in [6, 6.07) is 0. The van der Waals surface area contributed by atoms with Gasteiger partial charge in [0, 0.05) is 0 Å². The number of rotatable bonds is 6. The van der Waals surface area contributed by atoms with Crippen molar-refractivity contribution in [3.8, 4) is 0 Å². The van der Waals surface area contributed by atoms with E-state index in [4.69, 9.17) is 0 Å². The lowest BCUT2D eigenvalue weighted by atomic mass is 9.84. The minimum Gasteiger partial charge on any atom is -0.260 e. The summed E-state index contributed by atoms with van der Waals surface area (Å²) in [5.74, 6) is 0.500. The van der Waals surface area contributed by atoms with Gasteiger partial charge in [-0.1, -0.05) is 32.6 Å². The van der Waals surface area contributed by atoms with Crippen molar-refractivity contribution in [2.45, 2.75) is 69.9 Å². The zero-order valence-corrected chi connectivity index (χ0v) is 11.9. The van der Waals surface area contributed by atoms with Gasteiger partial charge >= 0.3 is 15.6 Å². The maximum Gasteiger partial charge on any atom is 0.523 e. The summed E-state index contributed by atoms with van der Waals surface area (Å²) in [4.78, 5) is 0. The van der Waals surface area contributed by atoms with Crippen LogP contribution < -0.4 is 0 Å². The molecule has 1 fully saturated rings. The monoisotopic (exact) mass is 302 g/mol. The summed E-state index contributed by atoms with van der Waals surface area (Å²) >= 11 is 0. The molecule has 0 aromatic rings. The third kappa shape index (κ3) is 5.30. The molecule has 114 valence electrons. The zero-order chi connectivity index (χ0) is 14.5. The van der Waals surface area contributed by atoms with E-state index in [0.29, 0.717) is 18.8 Å². The Balaban J connectivity index is 2.35. The van der Waals surface area contributed by atoms with Crippen LogP contribution in [-0.4, -0.2) is 20.0 Å². The van der Waals surface area contributed by atoms with Gasteiger partial charge in [0.25, 0.3) is 0 Å². The highest BCUT2D eigenvalue weighted by Crippen LogP contribution is 2.33. The van der Waals surface area contributed by atoms with Gasteiger partial charge in [-0.15, -0.1) is 0 Å². The first-order valence-corrected chi connectivity index (χ1v) is 8.16. The van der Waals surface area contributed by atoms with Gasteiger partial charge in [-0.3, -0.25) is 4.18 Å². The molecule has 7 heteroatoms. The third-order valence-electron chi connectivity index (χ3n) is 3.56. The Morgan fingerprint density at radius 1 is 1.11 bits per heavy atom. The summed E-state index contributed by atoms with van der Waals surface area (Å²) in [6.45, 7) is 2.12. The molecule has 0 unspecified atom stereocenters. The smallest absolute Gasteiger partial charge is 0.260 e. The van der Waals surface area contributed by atoms with E-state index in [0.717, 1.165) is 32.1 Å². The van der Waals surface area contributed by atoms with E-state index < -0.39 is 21.7 Å². The lowest BCUT2D eigenvalue weighted by Crippen LogP contribution is -2.32. The highest BCUT2D eigenvalue weighted by atomic mass is 32.2. The molecule has 0 atom stereocenters. The van der Waals surface area contributed by atoms with Gasteiger partial charge in [-0.25, -0.2) is 0 Å². The second-order valence-corrected chi connectivity index (χ2v) is 6.70. The third-order valence-corrected chi connectivity index (χ3v) is 4.65. The Kier molecular flexibility index (Phi) is 6.11. The summed E-state index contributed by atoms with van der Waals surface area (Å²) in [6.07, 6.45) is 6.00. The normalized spacial score (nSPS) is 25.5. The number of unbranched alkanes of at least 4 members (excludes halogenated alkanes) is 2. The van der Waals surface area contributed by atoms with E-state index in [1.54, 1.807) is 0 Å². The molecule has 0 heterocycles. The Labute approximate surface area is 112 Å². The fourth-order valence-corrected chi connectivity index (χ4v) is 3.09.